The van der Waals surface area contributed by atoms with Crippen molar-refractivity contribution in [1.82, 2.24) is 15.5 Å². The summed E-state index contributed by atoms with van der Waals surface area (Å²) in [5, 5.41) is 7.20. The van der Waals surface area contributed by atoms with Gasteiger partial charge in [0, 0.05) is 23.6 Å². The lowest BCUT2D eigenvalue weighted by Gasteiger charge is -2.42. The van der Waals surface area contributed by atoms with E-state index in [-0.39, 0.29) is 23.5 Å². The fraction of sp³-hybridized carbons (Fsp3) is 0.692. The van der Waals surface area contributed by atoms with Gasteiger partial charge in [-0.2, -0.15) is 0 Å². The van der Waals surface area contributed by atoms with Crippen molar-refractivity contribution in [2.45, 2.75) is 73.0 Å². The highest BCUT2D eigenvalue weighted by molar-refractivity contribution is 5.33. The maximum absolute atomic E-state index is 6.01. The van der Waals surface area contributed by atoms with Gasteiger partial charge in [-0.3, -0.25) is 0 Å². The van der Waals surface area contributed by atoms with Crippen LogP contribution in [0.1, 0.15) is 54.9 Å². The number of nitrogens with zero attached hydrogens (tertiary/aromatic N) is 1. The van der Waals surface area contributed by atoms with Crippen LogP contribution in [0.4, 0.5) is 0 Å². The molecule has 4 nitrogen and oxygen atoms in total. The average Bonchev–Trinajstić information content (AvgIpc) is 2.94. The number of fused-ring (bicyclic) bond motifs is 1. The summed E-state index contributed by atoms with van der Waals surface area (Å²) in [6.45, 7) is 34.2. The SMILES string of the molecule is C=C(N)C(=C)C(CC(C)C)NC(=C)C1[C@@H]2[C@H](CN1C(=C)C(NC)C(C)(C)C)C2(C)C. The number of hydrogen-bond acceptors (Lipinski definition) is 4. The molecule has 0 aromatic carbocycles. The molecule has 170 valence electrons. The van der Waals surface area contributed by atoms with E-state index in [2.05, 4.69) is 90.3 Å². The van der Waals surface area contributed by atoms with Crippen LogP contribution in [-0.4, -0.2) is 36.6 Å². The Bertz CT molecular complexity index is 709. The van der Waals surface area contributed by atoms with Crippen LogP contribution in [0.5, 0.6) is 0 Å². The van der Waals surface area contributed by atoms with Gasteiger partial charge in [0.2, 0.25) is 0 Å². The molecule has 3 unspecified atom stereocenters. The molecule has 4 heteroatoms. The lowest BCUT2D eigenvalue weighted by Crippen LogP contribution is -2.50. The maximum atomic E-state index is 6.01. The van der Waals surface area contributed by atoms with Crippen LogP contribution in [0, 0.1) is 28.6 Å². The van der Waals surface area contributed by atoms with Gasteiger partial charge in [-0.15, -0.1) is 0 Å². The van der Waals surface area contributed by atoms with Gasteiger partial charge in [-0.25, -0.2) is 0 Å². The molecule has 0 amide bonds. The number of nitrogens with one attached hydrogen (secondary N) is 2. The molecular weight excluding hydrogens is 368 g/mol. The van der Waals surface area contributed by atoms with Gasteiger partial charge in [0.25, 0.3) is 0 Å². The molecule has 1 heterocycles. The second-order valence-electron chi connectivity index (χ2n) is 11.5. The first-order valence-corrected chi connectivity index (χ1v) is 11.4. The zero-order chi connectivity index (χ0) is 23.2. The number of hydrogen-bond donors (Lipinski definition) is 3. The van der Waals surface area contributed by atoms with Crippen LogP contribution in [0.3, 0.4) is 0 Å². The van der Waals surface area contributed by atoms with Crippen LogP contribution in [0.2, 0.25) is 0 Å². The topological polar surface area (TPSA) is 53.3 Å². The van der Waals surface area contributed by atoms with Crippen LogP contribution in [-0.2, 0) is 0 Å². The van der Waals surface area contributed by atoms with E-state index in [0.29, 0.717) is 28.9 Å². The highest BCUT2D eigenvalue weighted by Gasteiger charge is 2.67. The molecule has 2 fully saturated rings. The minimum absolute atomic E-state index is 0.0498. The van der Waals surface area contributed by atoms with Gasteiger partial charge in [0.05, 0.1) is 18.1 Å². The second-order valence-corrected chi connectivity index (χ2v) is 11.5. The van der Waals surface area contributed by atoms with Crippen LogP contribution >= 0.6 is 0 Å². The fourth-order valence-corrected chi connectivity index (χ4v) is 5.54. The molecule has 1 aliphatic carbocycles. The summed E-state index contributed by atoms with van der Waals surface area (Å²) in [4.78, 5) is 2.49. The minimum Gasteiger partial charge on any atom is -0.399 e. The first kappa shape index (κ1) is 24.6. The van der Waals surface area contributed by atoms with Crippen molar-refractivity contribution < 1.29 is 0 Å². The van der Waals surface area contributed by atoms with Crippen molar-refractivity contribution in [1.29, 1.82) is 0 Å². The van der Waals surface area contributed by atoms with E-state index in [4.69, 9.17) is 5.73 Å². The molecule has 2 aliphatic rings. The fourth-order valence-electron chi connectivity index (χ4n) is 5.54. The quantitative estimate of drug-likeness (QED) is 0.456. The molecule has 0 aromatic heterocycles. The van der Waals surface area contributed by atoms with Crippen molar-refractivity contribution in [2.24, 2.45) is 34.3 Å². The van der Waals surface area contributed by atoms with Crippen molar-refractivity contribution in [3.05, 3.63) is 49.0 Å². The molecule has 2 rings (SSSR count). The third kappa shape index (κ3) is 4.64. The first-order chi connectivity index (χ1) is 13.6. The number of nitrogens with two attached hydrogens (primary N) is 1. The van der Waals surface area contributed by atoms with Crippen molar-refractivity contribution in [3.8, 4) is 0 Å². The molecule has 30 heavy (non-hydrogen) atoms. The van der Waals surface area contributed by atoms with Gasteiger partial charge in [0.1, 0.15) is 0 Å². The lowest BCUT2D eigenvalue weighted by atomic mass is 9.84. The minimum atomic E-state index is 0.0498. The highest BCUT2D eigenvalue weighted by Crippen LogP contribution is 2.66. The first-order valence-electron chi connectivity index (χ1n) is 11.4. The third-order valence-corrected chi connectivity index (χ3v) is 7.32. The van der Waals surface area contributed by atoms with E-state index in [0.717, 1.165) is 29.9 Å². The van der Waals surface area contributed by atoms with Gasteiger partial charge in [-0.1, -0.05) is 74.8 Å². The Kier molecular flexibility index (Phi) is 6.93. The smallest absolute Gasteiger partial charge is 0.0716 e. The molecule has 4 N–H and O–H groups in total. The molecular formula is C26H46N4. The summed E-state index contributed by atoms with van der Waals surface area (Å²) in [5.41, 5.74) is 10.0. The Morgan fingerprint density at radius 2 is 1.73 bits per heavy atom. The molecule has 5 atom stereocenters. The number of likely N-dealkylation sites (tertiary alicyclic amines) is 1. The zero-order valence-electron chi connectivity index (χ0n) is 20.7. The Morgan fingerprint density at radius 1 is 1.17 bits per heavy atom. The van der Waals surface area contributed by atoms with Gasteiger partial charge >= 0.3 is 0 Å². The molecule has 0 spiro atoms. The van der Waals surface area contributed by atoms with Crippen LogP contribution in [0.25, 0.3) is 0 Å². The third-order valence-electron chi connectivity index (χ3n) is 7.32. The van der Waals surface area contributed by atoms with E-state index >= 15 is 0 Å². The number of likely N-dealkylation sites (N-methyl/N-ethyl adjacent to an activating group) is 1. The van der Waals surface area contributed by atoms with Crippen LogP contribution < -0.4 is 16.4 Å². The molecule has 0 aromatic rings. The van der Waals surface area contributed by atoms with Crippen molar-refractivity contribution in [3.63, 3.8) is 0 Å². The van der Waals surface area contributed by atoms with Crippen LogP contribution in [0.15, 0.2) is 49.0 Å². The van der Waals surface area contributed by atoms with E-state index < -0.39 is 0 Å². The summed E-state index contributed by atoms with van der Waals surface area (Å²) < 4.78 is 0. The van der Waals surface area contributed by atoms with E-state index in [1.54, 1.807) is 0 Å². The van der Waals surface area contributed by atoms with E-state index in [1.165, 1.54) is 0 Å². The monoisotopic (exact) mass is 414 g/mol. The highest BCUT2D eigenvalue weighted by atomic mass is 15.3. The van der Waals surface area contributed by atoms with E-state index in [9.17, 15) is 0 Å². The van der Waals surface area contributed by atoms with Crippen molar-refractivity contribution >= 4 is 0 Å². The summed E-state index contributed by atoms with van der Waals surface area (Å²) in [7, 11) is 2.03. The second kappa shape index (κ2) is 8.45. The maximum Gasteiger partial charge on any atom is 0.0716 e. The summed E-state index contributed by atoms with van der Waals surface area (Å²) in [5.74, 6) is 1.77. The molecule has 0 bridgehead atoms. The molecule has 1 saturated heterocycles. The Labute approximate surface area is 185 Å². The number of rotatable bonds is 10. The van der Waals surface area contributed by atoms with Gasteiger partial charge in [0.15, 0.2) is 0 Å². The molecule has 0 radical (unpaired) electrons. The standard InChI is InChI=1S/C26H46N4/c1-15(2)13-21(16(3)17(4)27)29-18(5)23-22-20(26(22,10)11)14-30(23)19(6)24(28-12)25(7,8)9/h15,20-24,28-29H,3-6,13-14,27H2,1-2,7-12H3/t20-,21?,22-,23?,24?/m0/s1. The predicted octanol–water partition coefficient (Wildman–Crippen LogP) is 4.64. The summed E-state index contributed by atoms with van der Waals surface area (Å²) >= 11 is 0. The molecule has 1 saturated carbocycles. The Balaban J connectivity index is 2.29. The Hall–Kier alpha value is -1.68. The Morgan fingerprint density at radius 3 is 2.17 bits per heavy atom. The van der Waals surface area contributed by atoms with Gasteiger partial charge < -0.3 is 21.3 Å². The average molecular weight is 415 g/mol. The number of piperidine rings is 1. The normalized spacial score (nSPS) is 26.7. The summed E-state index contributed by atoms with van der Waals surface area (Å²) in [6, 6.07) is 0.483. The molecule has 1 aliphatic heterocycles. The summed E-state index contributed by atoms with van der Waals surface area (Å²) in [6.07, 6.45) is 0.945. The van der Waals surface area contributed by atoms with Gasteiger partial charge in [-0.05, 0) is 47.6 Å². The predicted molar refractivity (Wildman–Crippen MR) is 131 cm³/mol. The zero-order valence-corrected chi connectivity index (χ0v) is 20.7. The largest absolute Gasteiger partial charge is 0.399 e. The van der Waals surface area contributed by atoms with E-state index in [1.807, 2.05) is 7.05 Å². The van der Waals surface area contributed by atoms with Crippen molar-refractivity contribution in [2.75, 3.05) is 13.6 Å². The lowest BCUT2D eigenvalue weighted by molar-refractivity contribution is 0.195.